The van der Waals surface area contributed by atoms with Crippen molar-refractivity contribution in [3.63, 3.8) is 0 Å². The van der Waals surface area contributed by atoms with E-state index in [-0.39, 0.29) is 29.7 Å². The van der Waals surface area contributed by atoms with Crippen LogP contribution in [-0.4, -0.2) is 24.7 Å². The van der Waals surface area contributed by atoms with Crippen LogP contribution in [0.15, 0.2) is 48.5 Å². The third-order valence-corrected chi connectivity index (χ3v) is 3.30. The molecule has 0 saturated carbocycles. The molecule has 0 atom stereocenters. The van der Waals surface area contributed by atoms with E-state index < -0.39 is 5.82 Å². The fourth-order valence-corrected chi connectivity index (χ4v) is 2.06. The lowest BCUT2D eigenvalue weighted by atomic mass is 10.3. The summed E-state index contributed by atoms with van der Waals surface area (Å²) in [6, 6.07) is 13.2. The lowest BCUT2D eigenvalue weighted by Gasteiger charge is -2.13. The van der Waals surface area contributed by atoms with E-state index in [1.165, 1.54) is 12.1 Å². The number of nitrogens with one attached hydrogen (secondary N) is 3. The molecule has 0 aliphatic rings. The number of benzene rings is 2. The van der Waals surface area contributed by atoms with E-state index in [1.54, 1.807) is 31.4 Å². The zero-order valence-electron chi connectivity index (χ0n) is 13.5. The maximum atomic E-state index is 13.5. The number of amides is 1. The van der Waals surface area contributed by atoms with Crippen LogP contribution in [0.1, 0.15) is 6.42 Å². The second kappa shape index (κ2) is 9.43. The lowest BCUT2D eigenvalue weighted by Crippen LogP contribution is -2.44. The van der Waals surface area contributed by atoms with Gasteiger partial charge in [0.2, 0.25) is 5.91 Å². The Bertz CT molecular complexity index is 743. The van der Waals surface area contributed by atoms with E-state index in [2.05, 4.69) is 16.2 Å². The molecule has 6 nitrogen and oxygen atoms in total. The third-order valence-electron chi connectivity index (χ3n) is 3.09. The van der Waals surface area contributed by atoms with Crippen molar-refractivity contribution < 1.29 is 18.7 Å². The van der Waals surface area contributed by atoms with Crippen LogP contribution in [-0.2, 0) is 4.79 Å². The van der Waals surface area contributed by atoms with Gasteiger partial charge in [-0.1, -0.05) is 24.3 Å². The van der Waals surface area contributed by atoms with E-state index in [0.29, 0.717) is 11.5 Å². The highest BCUT2D eigenvalue weighted by Crippen LogP contribution is 2.25. The van der Waals surface area contributed by atoms with Crippen LogP contribution in [0.5, 0.6) is 11.5 Å². The van der Waals surface area contributed by atoms with E-state index in [4.69, 9.17) is 21.7 Å². The Balaban J connectivity index is 1.70. The number of rotatable bonds is 6. The molecule has 0 saturated heterocycles. The minimum absolute atomic E-state index is 0.0732. The molecule has 2 aromatic carbocycles. The Morgan fingerprint density at radius 1 is 1.08 bits per heavy atom. The van der Waals surface area contributed by atoms with Crippen LogP contribution in [0.4, 0.5) is 10.1 Å². The monoisotopic (exact) mass is 363 g/mol. The van der Waals surface area contributed by atoms with Crippen molar-refractivity contribution in [3.8, 4) is 11.5 Å². The summed E-state index contributed by atoms with van der Waals surface area (Å²) in [5.41, 5.74) is 5.13. The Morgan fingerprint density at radius 2 is 1.76 bits per heavy atom. The highest BCUT2D eigenvalue weighted by molar-refractivity contribution is 7.80. The molecular formula is C17H18FN3O3S. The number of hydrazine groups is 1. The van der Waals surface area contributed by atoms with Gasteiger partial charge in [-0.15, -0.1) is 0 Å². The van der Waals surface area contributed by atoms with Crippen molar-refractivity contribution in [2.45, 2.75) is 6.42 Å². The predicted octanol–water partition coefficient (Wildman–Crippen LogP) is 2.62. The molecule has 1 amide bonds. The molecule has 0 aromatic heterocycles. The molecule has 0 bridgehead atoms. The number of halogens is 1. The molecule has 2 rings (SSSR count). The second-order valence-electron chi connectivity index (χ2n) is 4.86. The normalized spacial score (nSPS) is 9.84. The fourth-order valence-electron chi connectivity index (χ4n) is 1.90. The van der Waals surface area contributed by atoms with Crippen molar-refractivity contribution in [3.05, 3.63) is 54.3 Å². The van der Waals surface area contributed by atoms with Crippen LogP contribution < -0.4 is 25.6 Å². The smallest absolute Gasteiger partial charge is 0.241 e. The molecular weight excluding hydrogens is 345 g/mol. The van der Waals surface area contributed by atoms with Gasteiger partial charge in [-0.2, -0.15) is 0 Å². The minimum atomic E-state index is -0.441. The van der Waals surface area contributed by atoms with Gasteiger partial charge in [-0.3, -0.25) is 15.6 Å². The molecule has 0 aliphatic carbocycles. The van der Waals surface area contributed by atoms with E-state index >= 15 is 0 Å². The van der Waals surface area contributed by atoms with Gasteiger partial charge in [0.15, 0.2) is 16.6 Å². The molecule has 0 unspecified atom stereocenters. The third kappa shape index (κ3) is 5.92. The highest BCUT2D eigenvalue weighted by atomic mass is 32.1. The van der Waals surface area contributed by atoms with Crippen LogP contribution >= 0.6 is 12.2 Å². The summed E-state index contributed by atoms with van der Waals surface area (Å²) in [7, 11) is 1.54. The Morgan fingerprint density at radius 3 is 2.48 bits per heavy atom. The Labute approximate surface area is 150 Å². The van der Waals surface area contributed by atoms with Gasteiger partial charge in [0.25, 0.3) is 0 Å². The first-order valence-corrected chi connectivity index (χ1v) is 7.87. The van der Waals surface area contributed by atoms with Crippen molar-refractivity contribution in [1.82, 2.24) is 10.9 Å². The van der Waals surface area contributed by atoms with Gasteiger partial charge in [-0.05, 0) is 36.5 Å². The number of carbonyl (C=O) groups is 1. The first kappa shape index (κ1) is 18.5. The largest absolute Gasteiger partial charge is 0.493 e. The summed E-state index contributed by atoms with van der Waals surface area (Å²) in [5.74, 6) is 0.384. The van der Waals surface area contributed by atoms with Gasteiger partial charge in [0, 0.05) is 0 Å². The zero-order chi connectivity index (χ0) is 18.1. The summed E-state index contributed by atoms with van der Waals surface area (Å²) < 4.78 is 24.1. The average Bonchev–Trinajstić information content (AvgIpc) is 2.62. The summed E-state index contributed by atoms with van der Waals surface area (Å²) in [5, 5.41) is 2.72. The van der Waals surface area contributed by atoms with E-state index in [9.17, 15) is 9.18 Å². The Kier molecular flexibility index (Phi) is 6.97. The topological polar surface area (TPSA) is 71.6 Å². The molecule has 2 aromatic rings. The van der Waals surface area contributed by atoms with Crippen LogP contribution in [0.2, 0.25) is 0 Å². The molecule has 0 spiro atoms. The summed E-state index contributed by atoms with van der Waals surface area (Å²) in [6.07, 6.45) is 0.105. The lowest BCUT2D eigenvalue weighted by molar-refractivity contribution is -0.122. The van der Waals surface area contributed by atoms with Crippen LogP contribution in [0, 0.1) is 5.82 Å². The van der Waals surface area contributed by atoms with Gasteiger partial charge in [-0.25, -0.2) is 4.39 Å². The number of methoxy groups -OCH3 is 1. The van der Waals surface area contributed by atoms with Crippen molar-refractivity contribution >= 4 is 28.9 Å². The quantitative estimate of drug-likeness (QED) is 0.541. The standard InChI is InChI=1S/C17H18FN3O3S/c1-23-14-8-4-5-9-15(14)24-11-10-16(22)20-21-17(25)19-13-7-3-2-6-12(13)18/h2-9H,10-11H2,1H3,(H,20,22)(H2,19,21,25). The van der Waals surface area contributed by atoms with Crippen LogP contribution in [0.25, 0.3) is 0 Å². The summed E-state index contributed by atoms with van der Waals surface area (Å²) >= 11 is 4.98. The molecule has 0 aliphatic heterocycles. The van der Waals surface area contributed by atoms with Crippen molar-refractivity contribution in [2.24, 2.45) is 0 Å². The van der Waals surface area contributed by atoms with E-state index in [1.807, 2.05) is 12.1 Å². The maximum absolute atomic E-state index is 13.5. The summed E-state index contributed by atoms with van der Waals surface area (Å²) in [6.45, 7) is 0.168. The van der Waals surface area contributed by atoms with Gasteiger partial charge in [0.1, 0.15) is 5.82 Å². The second-order valence-corrected chi connectivity index (χ2v) is 5.26. The number of anilines is 1. The number of thiocarbonyl (C=S) groups is 1. The average molecular weight is 363 g/mol. The zero-order valence-corrected chi connectivity index (χ0v) is 14.4. The molecule has 8 heteroatoms. The number of hydrogen-bond donors (Lipinski definition) is 3. The predicted molar refractivity (Wildman–Crippen MR) is 97.0 cm³/mol. The first-order valence-electron chi connectivity index (χ1n) is 7.46. The summed E-state index contributed by atoms with van der Waals surface area (Å²) in [4.78, 5) is 11.8. The Hall–Kier alpha value is -2.87. The SMILES string of the molecule is COc1ccccc1OCCC(=O)NNC(=S)Nc1ccccc1F. The highest BCUT2D eigenvalue weighted by Gasteiger charge is 2.07. The minimum Gasteiger partial charge on any atom is -0.493 e. The number of ether oxygens (including phenoxy) is 2. The molecule has 0 radical (unpaired) electrons. The van der Waals surface area contributed by atoms with E-state index in [0.717, 1.165) is 0 Å². The van der Waals surface area contributed by atoms with Gasteiger partial charge in [0.05, 0.1) is 25.8 Å². The first-order chi connectivity index (χ1) is 12.1. The van der Waals surface area contributed by atoms with Crippen LogP contribution in [0.3, 0.4) is 0 Å². The van der Waals surface area contributed by atoms with Crippen molar-refractivity contribution in [2.75, 3.05) is 19.0 Å². The molecule has 132 valence electrons. The molecule has 3 N–H and O–H groups in total. The number of carbonyl (C=O) groups excluding carboxylic acids is 1. The molecule has 25 heavy (non-hydrogen) atoms. The van der Waals surface area contributed by atoms with Gasteiger partial charge >= 0.3 is 0 Å². The van der Waals surface area contributed by atoms with Crippen molar-refractivity contribution in [1.29, 1.82) is 0 Å². The number of para-hydroxylation sites is 3. The maximum Gasteiger partial charge on any atom is 0.241 e. The fraction of sp³-hybridized carbons (Fsp3) is 0.176. The molecule has 0 fully saturated rings. The van der Waals surface area contributed by atoms with Gasteiger partial charge < -0.3 is 14.8 Å². The number of hydrogen-bond acceptors (Lipinski definition) is 4. The molecule has 0 heterocycles.